The van der Waals surface area contributed by atoms with Gasteiger partial charge in [0.1, 0.15) is 0 Å². The molecule has 1 aliphatic rings. The lowest BCUT2D eigenvalue weighted by atomic mass is 10.2. The molecule has 2 aromatic heterocycles. The molecule has 3 rings (SSSR count). The van der Waals surface area contributed by atoms with Crippen LogP contribution in [0.2, 0.25) is 0 Å². The number of thiazole rings is 1. The standard InChI is InChI=1S/C17H22N4O2S/c1-2-23-16-5-4-14(10-18-16)17(22)21-7-3-6-20(8-9-21)11-15-12-24-13-19-15/h4-5,10,12-13H,2-3,6-9,11H2,1H3. The van der Waals surface area contributed by atoms with Gasteiger partial charge >= 0.3 is 0 Å². The van der Waals surface area contributed by atoms with E-state index in [0.717, 1.165) is 44.8 Å². The summed E-state index contributed by atoms with van der Waals surface area (Å²) < 4.78 is 5.32. The molecule has 0 bridgehead atoms. The summed E-state index contributed by atoms with van der Waals surface area (Å²) in [5.41, 5.74) is 3.59. The molecule has 1 amide bonds. The molecule has 2 aromatic rings. The molecule has 0 aliphatic carbocycles. The van der Waals surface area contributed by atoms with Crippen molar-refractivity contribution in [2.45, 2.75) is 19.9 Å². The third kappa shape index (κ3) is 4.30. The maximum Gasteiger partial charge on any atom is 0.255 e. The zero-order valence-corrected chi connectivity index (χ0v) is 14.7. The van der Waals surface area contributed by atoms with E-state index < -0.39 is 0 Å². The second kappa shape index (κ2) is 8.21. The molecule has 7 heteroatoms. The lowest BCUT2D eigenvalue weighted by molar-refractivity contribution is 0.0760. The Morgan fingerprint density at radius 2 is 2.17 bits per heavy atom. The van der Waals surface area contributed by atoms with E-state index in [1.807, 2.05) is 17.3 Å². The van der Waals surface area contributed by atoms with Gasteiger partial charge in [-0.05, 0) is 19.4 Å². The van der Waals surface area contributed by atoms with Gasteiger partial charge in [0.15, 0.2) is 0 Å². The zero-order chi connectivity index (χ0) is 16.8. The van der Waals surface area contributed by atoms with Gasteiger partial charge in [-0.1, -0.05) is 0 Å². The molecular weight excluding hydrogens is 324 g/mol. The molecule has 128 valence electrons. The van der Waals surface area contributed by atoms with Crippen LogP contribution in [0.25, 0.3) is 0 Å². The fraction of sp³-hybridized carbons (Fsp3) is 0.471. The Kier molecular flexibility index (Phi) is 5.77. The van der Waals surface area contributed by atoms with Gasteiger partial charge in [-0.3, -0.25) is 9.69 Å². The molecule has 0 atom stereocenters. The molecule has 0 aromatic carbocycles. The minimum absolute atomic E-state index is 0.0426. The molecule has 0 spiro atoms. The Morgan fingerprint density at radius 3 is 2.88 bits per heavy atom. The van der Waals surface area contributed by atoms with Crippen LogP contribution in [-0.4, -0.2) is 58.5 Å². The van der Waals surface area contributed by atoms with Gasteiger partial charge < -0.3 is 9.64 Å². The number of aromatic nitrogens is 2. The highest BCUT2D eigenvalue weighted by molar-refractivity contribution is 7.07. The molecule has 0 N–H and O–H groups in total. The second-order valence-electron chi connectivity index (χ2n) is 5.72. The molecule has 1 saturated heterocycles. The third-order valence-electron chi connectivity index (χ3n) is 4.02. The molecule has 3 heterocycles. The Labute approximate surface area is 146 Å². The summed E-state index contributed by atoms with van der Waals surface area (Å²) in [4.78, 5) is 25.5. The number of amides is 1. The monoisotopic (exact) mass is 346 g/mol. The Hall–Kier alpha value is -1.99. The van der Waals surface area contributed by atoms with Gasteiger partial charge in [-0.15, -0.1) is 11.3 Å². The lowest BCUT2D eigenvalue weighted by Gasteiger charge is -2.21. The Balaban J connectivity index is 1.57. The zero-order valence-electron chi connectivity index (χ0n) is 13.9. The van der Waals surface area contributed by atoms with Crippen molar-refractivity contribution in [2.75, 3.05) is 32.8 Å². The van der Waals surface area contributed by atoms with Crippen LogP contribution in [0.1, 0.15) is 29.4 Å². The summed E-state index contributed by atoms with van der Waals surface area (Å²) in [5, 5.41) is 2.08. The highest BCUT2D eigenvalue weighted by Gasteiger charge is 2.21. The third-order valence-corrected chi connectivity index (χ3v) is 4.66. The number of ether oxygens (including phenoxy) is 1. The van der Waals surface area contributed by atoms with Gasteiger partial charge in [0.25, 0.3) is 5.91 Å². The van der Waals surface area contributed by atoms with Crippen LogP contribution >= 0.6 is 11.3 Å². The van der Waals surface area contributed by atoms with Crippen molar-refractivity contribution in [3.8, 4) is 5.88 Å². The molecule has 0 saturated carbocycles. The maximum absolute atomic E-state index is 12.7. The molecule has 0 unspecified atom stereocenters. The number of hydrogen-bond acceptors (Lipinski definition) is 6. The summed E-state index contributed by atoms with van der Waals surface area (Å²) in [6.45, 7) is 6.71. The maximum atomic E-state index is 12.7. The molecular formula is C17H22N4O2S. The van der Waals surface area contributed by atoms with Gasteiger partial charge in [-0.25, -0.2) is 9.97 Å². The summed E-state index contributed by atoms with van der Waals surface area (Å²) in [7, 11) is 0. The molecule has 0 radical (unpaired) electrons. The SMILES string of the molecule is CCOc1ccc(C(=O)N2CCCN(Cc3cscn3)CC2)cn1. The van der Waals surface area contributed by atoms with Crippen LogP contribution in [0.5, 0.6) is 5.88 Å². The molecule has 1 fully saturated rings. The average Bonchev–Trinajstić information content (AvgIpc) is 3.00. The smallest absolute Gasteiger partial charge is 0.255 e. The van der Waals surface area contributed by atoms with Crippen molar-refractivity contribution in [3.05, 3.63) is 40.5 Å². The van der Waals surface area contributed by atoms with Crippen molar-refractivity contribution in [1.82, 2.24) is 19.8 Å². The van der Waals surface area contributed by atoms with Crippen molar-refractivity contribution < 1.29 is 9.53 Å². The van der Waals surface area contributed by atoms with E-state index in [-0.39, 0.29) is 5.91 Å². The van der Waals surface area contributed by atoms with Crippen LogP contribution < -0.4 is 4.74 Å². The number of carbonyl (C=O) groups excluding carboxylic acids is 1. The highest BCUT2D eigenvalue weighted by atomic mass is 32.1. The van der Waals surface area contributed by atoms with Crippen molar-refractivity contribution in [1.29, 1.82) is 0 Å². The summed E-state index contributed by atoms with van der Waals surface area (Å²) in [6.07, 6.45) is 2.57. The first-order chi connectivity index (χ1) is 11.8. The summed E-state index contributed by atoms with van der Waals surface area (Å²) in [6, 6.07) is 3.54. The summed E-state index contributed by atoms with van der Waals surface area (Å²) in [5.74, 6) is 0.598. The minimum atomic E-state index is 0.0426. The van der Waals surface area contributed by atoms with E-state index in [0.29, 0.717) is 18.1 Å². The number of nitrogens with zero attached hydrogens (tertiary/aromatic N) is 4. The van der Waals surface area contributed by atoms with E-state index in [1.165, 1.54) is 0 Å². The highest BCUT2D eigenvalue weighted by Crippen LogP contribution is 2.13. The number of rotatable bonds is 5. The van der Waals surface area contributed by atoms with Crippen LogP contribution in [-0.2, 0) is 6.54 Å². The topological polar surface area (TPSA) is 58.6 Å². The quantitative estimate of drug-likeness (QED) is 0.831. The van der Waals surface area contributed by atoms with Crippen LogP contribution in [0, 0.1) is 0 Å². The minimum Gasteiger partial charge on any atom is -0.478 e. The second-order valence-corrected chi connectivity index (χ2v) is 6.44. The van der Waals surface area contributed by atoms with Gasteiger partial charge in [0.2, 0.25) is 5.88 Å². The van der Waals surface area contributed by atoms with E-state index in [9.17, 15) is 4.79 Å². The van der Waals surface area contributed by atoms with E-state index in [4.69, 9.17) is 4.74 Å². The van der Waals surface area contributed by atoms with E-state index in [2.05, 4.69) is 20.2 Å². The van der Waals surface area contributed by atoms with Gasteiger partial charge in [0, 0.05) is 50.4 Å². The first-order valence-corrected chi connectivity index (χ1v) is 9.18. The Bertz CT molecular complexity index is 645. The first kappa shape index (κ1) is 16.9. The van der Waals surface area contributed by atoms with Gasteiger partial charge in [0.05, 0.1) is 23.4 Å². The van der Waals surface area contributed by atoms with Gasteiger partial charge in [-0.2, -0.15) is 0 Å². The average molecular weight is 346 g/mol. The summed E-state index contributed by atoms with van der Waals surface area (Å²) >= 11 is 1.62. The largest absolute Gasteiger partial charge is 0.478 e. The van der Waals surface area contributed by atoms with Crippen LogP contribution in [0.4, 0.5) is 0 Å². The molecule has 6 nitrogen and oxygen atoms in total. The molecule has 24 heavy (non-hydrogen) atoms. The fourth-order valence-corrected chi connectivity index (χ4v) is 3.35. The Morgan fingerprint density at radius 1 is 1.25 bits per heavy atom. The predicted octanol–water partition coefficient (Wildman–Crippen LogP) is 2.28. The predicted molar refractivity (Wildman–Crippen MR) is 93.3 cm³/mol. The first-order valence-electron chi connectivity index (χ1n) is 8.24. The fourth-order valence-electron chi connectivity index (χ4n) is 2.80. The van der Waals surface area contributed by atoms with Crippen LogP contribution in [0.3, 0.4) is 0 Å². The number of pyridine rings is 1. The van der Waals surface area contributed by atoms with E-state index in [1.54, 1.807) is 29.7 Å². The normalized spacial score (nSPS) is 16.0. The lowest BCUT2D eigenvalue weighted by Crippen LogP contribution is -2.35. The van der Waals surface area contributed by atoms with Crippen molar-refractivity contribution >= 4 is 17.2 Å². The van der Waals surface area contributed by atoms with E-state index >= 15 is 0 Å². The molecule has 1 aliphatic heterocycles. The number of carbonyl (C=O) groups is 1. The van der Waals surface area contributed by atoms with Crippen molar-refractivity contribution in [3.63, 3.8) is 0 Å². The van der Waals surface area contributed by atoms with Crippen molar-refractivity contribution in [2.24, 2.45) is 0 Å². The number of hydrogen-bond donors (Lipinski definition) is 0. The van der Waals surface area contributed by atoms with Crippen LogP contribution in [0.15, 0.2) is 29.2 Å².